The molecule has 1 unspecified atom stereocenters. The molecule has 0 fully saturated rings. The lowest BCUT2D eigenvalue weighted by atomic mass is 10.0. The first kappa shape index (κ1) is 14.5. The molecule has 0 aliphatic rings. The summed E-state index contributed by atoms with van der Waals surface area (Å²) in [5.74, 6) is 0.763. The van der Waals surface area contributed by atoms with Crippen molar-refractivity contribution < 1.29 is 9.84 Å². The van der Waals surface area contributed by atoms with Crippen LogP contribution in [0.5, 0.6) is 5.75 Å². The lowest BCUT2D eigenvalue weighted by molar-refractivity contribution is 0.172. The summed E-state index contributed by atoms with van der Waals surface area (Å²) in [5, 5.41) is 10.2. The van der Waals surface area contributed by atoms with Crippen LogP contribution in [0, 0.1) is 0 Å². The number of aliphatic hydroxyl groups excluding tert-OH is 1. The minimum Gasteiger partial charge on any atom is -0.496 e. The van der Waals surface area contributed by atoms with Gasteiger partial charge in [-0.25, -0.2) is 0 Å². The Kier molecular flexibility index (Phi) is 4.96. The van der Waals surface area contributed by atoms with Gasteiger partial charge in [-0.1, -0.05) is 15.9 Å². The van der Waals surface area contributed by atoms with E-state index < -0.39 is 6.10 Å². The van der Waals surface area contributed by atoms with Gasteiger partial charge in [-0.3, -0.25) is 4.98 Å². The van der Waals surface area contributed by atoms with Gasteiger partial charge in [0.25, 0.3) is 0 Å². The van der Waals surface area contributed by atoms with Crippen molar-refractivity contribution in [2.24, 2.45) is 0 Å². The Hall–Kier alpha value is -0.910. The number of rotatable bonds is 4. The van der Waals surface area contributed by atoms with E-state index in [1.165, 1.54) is 0 Å². The van der Waals surface area contributed by atoms with E-state index in [1.54, 1.807) is 19.4 Å². The highest BCUT2D eigenvalue weighted by molar-refractivity contribution is 9.10. The summed E-state index contributed by atoms with van der Waals surface area (Å²) in [5.41, 5.74) is 1.58. The van der Waals surface area contributed by atoms with Crippen LogP contribution in [0.1, 0.15) is 17.4 Å². The summed E-state index contributed by atoms with van der Waals surface area (Å²) in [6, 6.07) is 9.40. The fourth-order valence-electron chi connectivity index (χ4n) is 1.80. The Morgan fingerprint density at radius 2 is 1.95 bits per heavy atom. The molecule has 0 bridgehead atoms. The molecule has 0 saturated heterocycles. The molecule has 0 saturated carbocycles. The molecule has 1 heterocycles. The molecule has 100 valence electrons. The van der Waals surface area contributed by atoms with Gasteiger partial charge in [0.2, 0.25) is 0 Å². The van der Waals surface area contributed by atoms with Gasteiger partial charge in [-0.05, 0) is 51.8 Å². The summed E-state index contributed by atoms with van der Waals surface area (Å²) < 4.78 is 7.15. The van der Waals surface area contributed by atoms with Gasteiger partial charge in [-0.15, -0.1) is 0 Å². The van der Waals surface area contributed by atoms with Crippen molar-refractivity contribution >= 4 is 31.9 Å². The predicted octanol–water partition coefficient (Wildman–Crippen LogP) is 3.89. The third-order valence-electron chi connectivity index (χ3n) is 2.75. The molecular formula is C14H13Br2NO2. The number of aliphatic hydroxyl groups is 1. The van der Waals surface area contributed by atoms with E-state index in [1.807, 2.05) is 24.3 Å². The molecule has 0 spiro atoms. The number of hydrogen-bond donors (Lipinski definition) is 1. The molecule has 2 rings (SSSR count). The molecule has 3 nitrogen and oxygen atoms in total. The van der Waals surface area contributed by atoms with Gasteiger partial charge in [0, 0.05) is 21.6 Å². The zero-order valence-corrected chi connectivity index (χ0v) is 13.5. The molecule has 1 N–H and O–H groups in total. The normalized spacial score (nSPS) is 12.2. The van der Waals surface area contributed by atoms with Crippen molar-refractivity contribution in [2.45, 2.75) is 12.5 Å². The molecule has 0 amide bonds. The van der Waals surface area contributed by atoms with E-state index in [2.05, 4.69) is 36.8 Å². The number of benzene rings is 1. The molecule has 1 aromatic heterocycles. The van der Waals surface area contributed by atoms with Crippen LogP contribution in [0.4, 0.5) is 0 Å². The molecule has 0 aliphatic carbocycles. The van der Waals surface area contributed by atoms with Crippen LogP contribution in [0.25, 0.3) is 0 Å². The van der Waals surface area contributed by atoms with E-state index in [0.29, 0.717) is 12.1 Å². The highest BCUT2D eigenvalue weighted by atomic mass is 79.9. The van der Waals surface area contributed by atoms with Gasteiger partial charge >= 0.3 is 0 Å². The molecule has 1 aromatic carbocycles. The lowest BCUT2D eigenvalue weighted by Gasteiger charge is -2.13. The van der Waals surface area contributed by atoms with Crippen LogP contribution >= 0.6 is 31.9 Å². The van der Waals surface area contributed by atoms with Gasteiger partial charge in [0.05, 0.1) is 12.8 Å². The van der Waals surface area contributed by atoms with E-state index in [9.17, 15) is 5.11 Å². The number of aromatic nitrogens is 1. The summed E-state index contributed by atoms with van der Waals surface area (Å²) in [6.07, 6.45) is 1.48. The number of hydrogen-bond acceptors (Lipinski definition) is 3. The average Bonchev–Trinajstić information content (AvgIpc) is 2.39. The first-order valence-electron chi connectivity index (χ1n) is 5.72. The Balaban J connectivity index is 2.20. The zero-order valence-electron chi connectivity index (χ0n) is 10.3. The Bertz CT molecular complexity index is 558. The summed E-state index contributed by atoms with van der Waals surface area (Å²) in [6.45, 7) is 0. The van der Waals surface area contributed by atoms with Crippen molar-refractivity contribution in [3.05, 3.63) is 56.7 Å². The highest BCUT2D eigenvalue weighted by Gasteiger charge is 2.13. The topological polar surface area (TPSA) is 42.4 Å². The fraction of sp³-hybridized carbons (Fsp3) is 0.214. The summed E-state index contributed by atoms with van der Waals surface area (Å²) >= 11 is 6.75. The van der Waals surface area contributed by atoms with Crippen molar-refractivity contribution in [2.75, 3.05) is 7.11 Å². The van der Waals surface area contributed by atoms with Gasteiger partial charge in [0.15, 0.2) is 0 Å². The van der Waals surface area contributed by atoms with E-state index in [4.69, 9.17) is 4.74 Å². The number of pyridine rings is 1. The Morgan fingerprint density at radius 1 is 1.21 bits per heavy atom. The third kappa shape index (κ3) is 3.78. The molecular weight excluding hydrogens is 374 g/mol. The van der Waals surface area contributed by atoms with E-state index in [0.717, 1.165) is 20.3 Å². The van der Waals surface area contributed by atoms with Gasteiger partial charge in [-0.2, -0.15) is 0 Å². The number of ether oxygens (including phenoxy) is 1. The molecule has 0 aliphatic heterocycles. The van der Waals surface area contributed by atoms with Crippen LogP contribution in [0.15, 0.2) is 45.5 Å². The maximum absolute atomic E-state index is 10.2. The molecule has 1 atom stereocenters. The lowest BCUT2D eigenvalue weighted by Crippen LogP contribution is -2.05. The Morgan fingerprint density at radius 3 is 2.58 bits per heavy atom. The third-order valence-corrected chi connectivity index (χ3v) is 3.71. The quantitative estimate of drug-likeness (QED) is 0.866. The SMILES string of the molecule is COc1ccc(Br)cc1CC(O)c1ccc(Br)cn1. The Labute approximate surface area is 128 Å². The fourth-order valence-corrected chi connectivity index (χ4v) is 2.45. The highest BCUT2D eigenvalue weighted by Crippen LogP contribution is 2.27. The second kappa shape index (κ2) is 6.50. The zero-order chi connectivity index (χ0) is 13.8. The van der Waals surface area contributed by atoms with Crippen molar-refractivity contribution in [3.8, 4) is 5.75 Å². The minimum absolute atomic E-state index is 0.456. The maximum Gasteiger partial charge on any atom is 0.122 e. The second-order valence-electron chi connectivity index (χ2n) is 4.08. The molecule has 2 aromatic rings. The molecule has 5 heteroatoms. The standard InChI is InChI=1S/C14H13Br2NO2/c1-19-14-5-3-10(15)6-9(14)7-13(18)12-4-2-11(16)8-17-12/h2-6,8,13,18H,7H2,1H3. The maximum atomic E-state index is 10.2. The molecule has 0 radical (unpaired) electrons. The van der Waals surface area contributed by atoms with Crippen LogP contribution < -0.4 is 4.74 Å². The van der Waals surface area contributed by atoms with E-state index in [-0.39, 0.29) is 0 Å². The smallest absolute Gasteiger partial charge is 0.122 e. The monoisotopic (exact) mass is 385 g/mol. The largest absolute Gasteiger partial charge is 0.496 e. The second-order valence-corrected chi connectivity index (χ2v) is 5.91. The summed E-state index contributed by atoms with van der Waals surface area (Å²) in [7, 11) is 1.62. The van der Waals surface area contributed by atoms with Crippen LogP contribution in [-0.2, 0) is 6.42 Å². The van der Waals surface area contributed by atoms with Gasteiger partial charge in [0.1, 0.15) is 11.9 Å². The average molecular weight is 387 g/mol. The van der Waals surface area contributed by atoms with Crippen LogP contribution in [0.2, 0.25) is 0 Å². The van der Waals surface area contributed by atoms with Crippen molar-refractivity contribution in [3.63, 3.8) is 0 Å². The van der Waals surface area contributed by atoms with Gasteiger partial charge < -0.3 is 9.84 Å². The van der Waals surface area contributed by atoms with Crippen molar-refractivity contribution in [1.29, 1.82) is 0 Å². The number of nitrogens with zero attached hydrogens (tertiary/aromatic N) is 1. The van der Waals surface area contributed by atoms with Crippen LogP contribution in [-0.4, -0.2) is 17.2 Å². The molecule has 19 heavy (non-hydrogen) atoms. The van der Waals surface area contributed by atoms with Crippen LogP contribution in [0.3, 0.4) is 0 Å². The minimum atomic E-state index is -0.656. The first-order chi connectivity index (χ1) is 9.10. The number of halogens is 2. The summed E-state index contributed by atoms with van der Waals surface area (Å²) in [4.78, 5) is 4.20. The first-order valence-corrected chi connectivity index (χ1v) is 7.30. The van der Waals surface area contributed by atoms with E-state index >= 15 is 0 Å². The number of methoxy groups -OCH3 is 1. The predicted molar refractivity (Wildman–Crippen MR) is 81.3 cm³/mol. The van der Waals surface area contributed by atoms with Crippen molar-refractivity contribution in [1.82, 2.24) is 4.98 Å².